The number of nitrogens with zero attached hydrogens (tertiary/aromatic N) is 2. The lowest BCUT2D eigenvalue weighted by Crippen LogP contribution is -2.63. The molecule has 1 N–H and O–H groups in total. The molecule has 3 aromatic rings. The quantitative estimate of drug-likeness (QED) is 0.599. The molecule has 1 saturated heterocycles. The fourth-order valence-electron chi connectivity index (χ4n) is 5.28. The number of benzene rings is 2. The van der Waals surface area contributed by atoms with Crippen LogP contribution < -0.4 is 4.74 Å². The van der Waals surface area contributed by atoms with Gasteiger partial charge in [0, 0.05) is 35.1 Å². The van der Waals surface area contributed by atoms with E-state index in [-0.39, 0.29) is 24.4 Å². The van der Waals surface area contributed by atoms with Gasteiger partial charge in [-0.1, -0.05) is 56.2 Å². The van der Waals surface area contributed by atoms with Gasteiger partial charge in [-0.15, -0.1) is 0 Å². The van der Waals surface area contributed by atoms with E-state index in [2.05, 4.69) is 18.0 Å². The number of hydrogen-bond donors (Lipinski definition) is 1. The molecule has 0 bridgehead atoms. The summed E-state index contributed by atoms with van der Waals surface area (Å²) in [6.07, 6.45) is 3.60. The van der Waals surface area contributed by atoms with Crippen LogP contribution in [0.3, 0.4) is 0 Å². The van der Waals surface area contributed by atoms with Gasteiger partial charge in [0.2, 0.25) is 11.8 Å². The number of aromatic amines is 1. The van der Waals surface area contributed by atoms with Gasteiger partial charge in [0.1, 0.15) is 17.8 Å². The summed E-state index contributed by atoms with van der Waals surface area (Å²) in [5, 5.41) is 1.12. The zero-order chi connectivity index (χ0) is 22.2. The number of hydrogen-bond acceptors (Lipinski definition) is 3. The lowest BCUT2D eigenvalue weighted by molar-refractivity contribution is -0.158. The molecule has 6 heteroatoms. The van der Waals surface area contributed by atoms with Gasteiger partial charge >= 0.3 is 0 Å². The number of carbonyl (C=O) groups is 2. The topological polar surface area (TPSA) is 65.6 Å². The molecule has 0 spiro atoms. The van der Waals surface area contributed by atoms with Crippen molar-refractivity contribution in [2.24, 2.45) is 0 Å². The van der Waals surface area contributed by atoms with Crippen LogP contribution in [0.1, 0.15) is 49.0 Å². The van der Waals surface area contributed by atoms with Crippen LogP contribution in [0.4, 0.5) is 0 Å². The summed E-state index contributed by atoms with van der Waals surface area (Å²) in [5.41, 5.74) is 4.02. The molecule has 1 fully saturated rings. The molecule has 0 unspecified atom stereocenters. The van der Waals surface area contributed by atoms with Gasteiger partial charge in [-0.3, -0.25) is 9.59 Å². The zero-order valence-corrected chi connectivity index (χ0v) is 18.6. The van der Waals surface area contributed by atoms with E-state index in [4.69, 9.17) is 4.74 Å². The molecule has 6 nitrogen and oxygen atoms in total. The predicted molar refractivity (Wildman–Crippen MR) is 124 cm³/mol. The van der Waals surface area contributed by atoms with E-state index in [0.717, 1.165) is 47.0 Å². The number of unbranched alkanes of at least 4 members (excludes halogenated alkanes) is 2. The summed E-state index contributed by atoms with van der Waals surface area (Å²) < 4.78 is 5.67. The van der Waals surface area contributed by atoms with E-state index >= 15 is 0 Å². The molecular formula is C26H29N3O3. The van der Waals surface area contributed by atoms with Crippen LogP contribution in [0.2, 0.25) is 0 Å². The Labute approximate surface area is 188 Å². The minimum Gasteiger partial charge on any atom is -0.496 e. The maximum Gasteiger partial charge on any atom is 0.246 e. The number of nitrogens with one attached hydrogen (secondary N) is 1. The zero-order valence-electron chi connectivity index (χ0n) is 18.6. The molecule has 5 rings (SSSR count). The van der Waals surface area contributed by atoms with Crippen LogP contribution in [0.5, 0.6) is 5.75 Å². The Morgan fingerprint density at radius 3 is 2.66 bits per heavy atom. The summed E-state index contributed by atoms with van der Waals surface area (Å²) in [6, 6.07) is 15.1. The molecule has 2 aliphatic heterocycles. The van der Waals surface area contributed by atoms with Crippen molar-refractivity contribution in [3.8, 4) is 5.75 Å². The van der Waals surface area contributed by atoms with Crippen LogP contribution in [0, 0.1) is 0 Å². The fourth-order valence-corrected chi connectivity index (χ4v) is 5.28. The van der Waals surface area contributed by atoms with Gasteiger partial charge in [-0.05, 0) is 24.1 Å². The second-order valence-electron chi connectivity index (χ2n) is 8.70. The first-order chi connectivity index (χ1) is 15.6. The van der Waals surface area contributed by atoms with Crippen molar-refractivity contribution in [1.82, 2.24) is 14.8 Å². The highest BCUT2D eigenvalue weighted by molar-refractivity contribution is 5.97. The number of methoxy groups -OCH3 is 1. The first kappa shape index (κ1) is 20.6. The minimum atomic E-state index is -0.500. The van der Waals surface area contributed by atoms with Crippen LogP contribution >= 0.6 is 0 Å². The van der Waals surface area contributed by atoms with Gasteiger partial charge in [0.25, 0.3) is 0 Å². The molecule has 0 saturated carbocycles. The number of fused-ring (bicyclic) bond motifs is 4. The van der Waals surface area contributed by atoms with E-state index in [0.29, 0.717) is 18.7 Å². The highest BCUT2D eigenvalue weighted by Crippen LogP contribution is 2.44. The number of ether oxygens (including phenoxy) is 1. The Bertz CT molecular complexity index is 1170. The SMILES string of the molecule is CCCCCN1CC(=O)N2[C@H](c3ccccc3OC)c3[nH]c4ccccc4c3C[C@H]2C1=O. The summed E-state index contributed by atoms with van der Waals surface area (Å²) in [6.45, 7) is 2.92. The third-order valence-electron chi connectivity index (χ3n) is 6.81. The normalized spacial score (nSPS) is 20.4. The molecule has 2 atom stereocenters. The Morgan fingerprint density at radius 2 is 1.84 bits per heavy atom. The predicted octanol–water partition coefficient (Wildman–Crippen LogP) is 4.05. The third-order valence-corrected chi connectivity index (χ3v) is 6.81. The fraction of sp³-hybridized carbons (Fsp3) is 0.385. The molecule has 1 aromatic heterocycles. The van der Waals surface area contributed by atoms with Crippen molar-refractivity contribution < 1.29 is 14.3 Å². The van der Waals surface area contributed by atoms with Gasteiger partial charge < -0.3 is 19.5 Å². The van der Waals surface area contributed by atoms with Crippen LogP contribution in [0.15, 0.2) is 48.5 Å². The number of amides is 2. The van der Waals surface area contributed by atoms with Crippen LogP contribution in [0.25, 0.3) is 10.9 Å². The molecule has 0 radical (unpaired) electrons. The average Bonchev–Trinajstić information content (AvgIpc) is 3.19. The summed E-state index contributed by atoms with van der Waals surface area (Å²) in [7, 11) is 1.64. The molecule has 2 amide bonds. The van der Waals surface area contributed by atoms with E-state index in [9.17, 15) is 9.59 Å². The second kappa shape index (κ2) is 8.34. The maximum atomic E-state index is 13.6. The number of rotatable bonds is 6. The molecule has 32 heavy (non-hydrogen) atoms. The maximum absolute atomic E-state index is 13.6. The van der Waals surface area contributed by atoms with Gasteiger partial charge in [-0.25, -0.2) is 0 Å². The number of piperazine rings is 1. The van der Waals surface area contributed by atoms with E-state index < -0.39 is 6.04 Å². The highest BCUT2D eigenvalue weighted by atomic mass is 16.5. The molecule has 3 heterocycles. The molecular weight excluding hydrogens is 402 g/mol. The van der Waals surface area contributed by atoms with Gasteiger partial charge in [0.15, 0.2) is 0 Å². The first-order valence-electron chi connectivity index (χ1n) is 11.5. The molecule has 2 aromatic carbocycles. The minimum absolute atomic E-state index is 0.00805. The smallest absolute Gasteiger partial charge is 0.246 e. The van der Waals surface area contributed by atoms with Crippen LogP contribution in [-0.2, 0) is 16.0 Å². The van der Waals surface area contributed by atoms with Crippen molar-refractivity contribution in [2.45, 2.75) is 44.7 Å². The Hall–Kier alpha value is -3.28. The molecule has 0 aliphatic carbocycles. The monoisotopic (exact) mass is 431 g/mol. The lowest BCUT2D eigenvalue weighted by atomic mass is 9.86. The number of H-pyrrole nitrogens is 1. The number of para-hydroxylation sites is 2. The van der Waals surface area contributed by atoms with Crippen molar-refractivity contribution in [1.29, 1.82) is 0 Å². The Kier molecular flexibility index (Phi) is 5.37. The van der Waals surface area contributed by atoms with Crippen molar-refractivity contribution in [3.05, 3.63) is 65.4 Å². The average molecular weight is 432 g/mol. The van der Waals surface area contributed by atoms with E-state index in [1.54, 1.807) is 16.9 Å². The molecule has 2 aliphatic rings. The van der Waals surface area contributed by atoms with Crippen molar-refractivity contribution in [2.75, 3.05) is 20.2 Å². The standard InChI is InChI=1S/C26H29N3O3/c1-3-4-9-14-28-16-23(30)29-21(26(28)31)15-19-17-10-5-7-12-20(17)27-24(19)25(29)18-11-6-8-13-22(18)32-2/h5-8,10-13,21,25,27H,3-4,9,14-16H2,1-2H3/t21-,25+/m0/s1. The summed E-state index contributed by atoms with van der Waals surface area (Å²) in [5.74, 6) is 0.760. The van der Waals surface area contributed by atoms with Gasteiger partial charge in [0.05, 0.1) is 13.7 Å². The van der Waals surface area contributed by atoms with E-state index in [1.807, 2.05) is 42.5 Å². The summed E-state index contributed by atoms with van der Waals surface area (Å²) >= 11 is 0. The van der Waals surface area contributed by atoms with Crippen LogP contribution in [-0.4, -0.2) is 52.8 Å². The lowest BCUT2D eigenvalue weighted by Gasteiger charge is -2.47. The highest BCUT2D eigenvalue weighted by Gasteiger charge is 2.48. The molecule has 166 valence electrons. The third kappa shape index (κ3) is 3.25. The number of aromatic nitrogens is 1. The van der Waals surface area contributed by atoms with Crippen molar-refractivity contribution >= 4 is 22.7 Å². The Morgan fingerprint density at radius 1 is 1.06 bits per heavy atom. The first-order valence-corrected chi connectivity index (χ1v) is 11.5. The van der Waals surface area contributed by atoms with Crippen molar-refractivity contribution in [3.63, 3.8) is 0 Å². The number of carbonyl (C=O) groups excluding carboxylic acids is 2. The Balaban J connectivity index is 1.64. The summed E-state index contributed by atoms with van der Waals surface area (Å²) in [4.78, 5) is 34.2. The largest absolute Gasteiger partial charge is 0.496 e. The second-order valence-corrected chi connectivity index (χ2v) is 8.70. The van der Waals surface area contributed by atoms with Gasteiger partial charge in [-0.2, -0.15) is 0 Å². The van der Waals surface area contributed by atoms with E-state index in [1.165, 1.54) is 0 Å².